The molecule has 0 heterocycles. The fraction of sp³-hybridized carbons (Fsp3) is 0.500. The molecule has 0 saturated heterocycles. The second-order valence-electron chi connectivity index (χ2n) is 6.02. The highest BCUT2D eigenvalue weighted by Crippen LogP contribution is 2.29. The summed E-state index contributed by atoms with van der Waals surface area (Å²) in [5.74, 6) is 0.126. The number of amides is 2. The van der Waals surface area contributed by atoms with Crippen LogP contribution in [0.25, 0.3) is 0 Å². The van der Waals surface area contributed by atoms with E-state index in [-0.39, 0.29) is 23.7 Å². The summed E-state index contributed by atoms with van der Waals surface area (Å²) in [5.41, 5.74) is 1.28. The van der Waals surface area contributed by atoms with Gasteiger partial charge in [0.1, 0.15) is 0 Å². The molecule has 122 valence electrons. The van der Waals surface area contributed by atoms with Crippen LogP contribution < -0.4 is 10.6 Å². The smallest absolute Gasteiger partial charge is 0.227 e. The minimum Gasteiger partial charge on any atom is -0.356 e. The Morgan fingerprint density at radius 2 is 1.65 bits per heavy atom. The van der Waals surface area contributed by atoms with Gasteiger partial charge in [0.05, 0.1) is 11.6 Å². The minimum atomic E-state index is -0.0409. The van der Waals surface area contributed by atoms with E-state index in [2.05, 4.69) is 16.7 Å². The molecule has 2 rings (SSSR count). The average molecular weight is 313 g/mol. The SMILES string of the molecule is CCCNC(=O)C1CCC(C(=O)Nc2ccc(C#N)cc2)CC1. The van der Waals surface area contributed by atoms with Crippen molar-refractivity contribution < 1.29 is 9.59 Å². The molecule has 0 unspecified atom stereocenters. The summed E-state index contributed by atoms with van der Waals surface area (Å²) in [6.07, 6.45) is 3.95. The first-order chi connectivity index (χ1) is 11.1. The van der Waals surface area contributed by atoms with Crippen LogP contribution in [0.5, 0.6) is 0 Å². The van der Waals surface area contributed by atoms with E-state index in [9.17, 15) is 9.59 Å². The molecule has 0 radical (unpaired) electrons. The predicted molar refractivity (Wildman–Crippen MR) is 88.5 cm³/mol. The minimum absolute atomic E-state index is 0.00197. The van der Waals surface area contributed by atoms with Crippen molar-refractivity contribution in [3.8, 4) is 6.07 Å². The highest BCUT2D eigenvalue weighted by Gasteiger charge is 2.29. The lowest BCUT2D eigenvalue weighted by atomic mass is 9.81. The van der Waals surface area contributed by atoms with Gasteiger partial charge in [-0.05, 0) is 56.4 Å². The molecule has 0 atom stereocenters. The molecule has 1 aliphatic rings. The van der Waals surface area contributed by atoms with Gasteiger partial charge in [-0.25, -0.2) is 0 Å². The Hall–Kier alpha value is -2.35. The number of hydrogen-bond donors (Lipinski definition) is 2. The molecule has 0 aliphatic heterocycles. The molecule has 1 aromatic carbocycles. The maximum atomic E-state index is 12.3. The van der Waals surface area contributed by atoms with Crippen LogP contribution >= 0.6 is 0 Å². The normalized spacial score (nSPS) is 20.3. The summed E-state index contributed by atoms with van der Waals surface area (Å²) in [6, 6.07) is 8.89. The summed E-state index contributed by atoms with van der Waals surface area (Å²) < 4.78 is 0. The monoisotopic (exact) mass is 313 g/mol. The third-order valence-corrected chi connectivity index (χ3v) is 4.30. The van der Waals surface area contributed by atoms with E-state index in [4.69, 9.17) is 5.26 Å². The van der Waals surface area contributed by atoms with Crippen LogP contribution in [0, 0.1) is 23.2 Å². The maximum absolute atomic E-state index is 12.3. The quantitative estimate of drug-likeness (QED) is 0.877. The van der Waals surface area contributed by atoms with Gasteiger partial charge < -0.3 is 10.6 Å². The van der Waals surface area contributed by atoms with E-state index in [1.807, 2.05) is 6.92 Å². The number of nitriles is 1. The molecule has 23 heavy (non-hydrogen) atoms. The number of anilines is 1. The van der Waals surface area contributed by atoms with Crippen molar-refractivity contribution in [1.82, 2.24) is 5.32 Å². The fourth-order valence-corrected chi connectivity index (χ4v) is 2.88. The zero-order chi connectivity index (χ0) is 16.7. The van der Waals surface area contributed by atoms with Gasteiger partial charge in [-0.2, -0.15) is 5.26 Å². The molecule has 1 saturated carbocycles. The van der Waals surface area contributed by atoms with Gasteiger partial charge in [0.25, 0.3) is 0 Å². The van der Waals surface area contributed by atoms with E-state index >= 15 is 0 Å². The number of nitrogens with one attached hydrogen (secondary N) is 2. The van der Waals surface area contributed by atoms with Gasteiger partial charge in [-0.15, -0.1) is 0 Å². The molecule has 5 heteroatoms. The molecule has 0 spiro atoms. The fourth-order valence-electron chi connectivity index (χ4n) is 2.88. The molecule has 1 fully saturated rings. The third kappa shape index (κ3) is 4.82. The molecule has 0 aromatic heterocycles. The summed E-state index contributed by atoms with van der Waals surface area (Å²) in [7, 11) is 0. The highest BCUT2D eigenvalue weighted by atomic mass is 16.2. The molecule has 5 nitrogen and oxygen atoms in total. The van der Waals surface area contributed by atoms with E-state index in [1.54, 1.807) is 24.3 Å². The second kappa shape index (κ2) is 8.33. The van der Waals surface area contributed by atoms with Gasteiger partial charge >= 0.3 is 0 Å². The molecule has 1 aliphatic carbocycles. The van der Waals surface area contributed by atoms with Crippen LogP contribution in [0.2, 0.25) is 0 Å². The predicted octanol–water partition coefficient (Wildman–Crippen LogP) is 2.83. The largest absolute Gasteiger partial charge is 0.356 e. The Labute approximate surface area is 137 Å². The topological polar surface area (TPSA) is 82.0 Å². The zero-order valence-corrected chi connectivity index (χ0v) is 13.5. The van der Waals surface area contributed by atoms with Gasteiger partial charge in [0.15, 0.2) is 0 Å². The molecule has 2 N–H and O–H groups in total. The van der Waals surface area contributed by atoms with Crippen LogP contribution in [0.15, 0.2) is 24.3 Å². The number of rotatable bonds is 5. The first-order valence-corrected chi connectivity index (χ1v) is 8.22. The standard InChI is InChI=1S/C18H23N3O2/c1-2-11-20-17(22)14-5-7-15(8-6-14)18(23)21-16-9-3-13(12-19)4-10-16/h3-4,9-10,14-15H,2,5-8,11H2,1H3,(H,20,22)(H,21,23). The van der Waals surface area contributed by atoms with Crippen molar-refractivity contribution >= 4 is 17.5 Å². The number of nitrogens with zero attached hydrogens (tertiary/aromatic N) is 1. The van der Waals surface area contributed by atoms with Gasteiger partial charge in [0.2, 0.25) is 11.8 Å². The van der Waals surface area contributed by atoms with Crippen molar-refractivity contribution in [2.45, 2.75) is 39.0 Å². The van der Waals surface area contributed by atoms with Crippen molar-refractivity contribution in [1.29, 1.82) is 5.26 Å². The molecular weight excluding hydrogens is 290 g/mol. The maximum Gasteiger partial charge on any atom is 0.227 e. The van der Waals surface area contributed by atoms with E-state index in [0.717, 1.165) is 38.6 Å². The second-order valence-corrected chi connectivity index (χ2v) is 6.02. The highest BCUT2D eigenvalue weighted by molar-refractivity contribution is 5.92. The number of carbonyl (C=O) groups excluding carboxylic acids is 2. The number of carbonyl (C=O) groups is 2. The number of benzene rings is 1. The number of hydrogen-bond acceptors (Lipinski definition) is 3. The van der Waals surface area contributed by atoms with E-state index < -0.39 is 0 Å². The Kier molecular flexibility index (Phi) is 6.16. The Bertz CT molecular complexity index is 581. The third-order valence-electron chi connectivity index (χ3n) is 4.30. The van der Waals surface area contributed by atoms with E-state index in [0.29, 0.717) is 11.3 Å². The van der Waals surface area contributed by atoms with Crippen molar-refractivity contribution in [2.24, 2.45) is 11.8 Å². The molecule has 0 bridgehead atoms. The average Bonchev–Trinajstić information content (AvgIpc) is 2.60. The van der Waals surface area contributed by atoms with E-state index in [1.165, 1.54) is 0 Å². The summed E-state index contributed by atoms with van der Waals surface area (Å²) >= 11 is 0. The van der Waals surface area contributed by atoms with Crippen molar-refractivity contribution in [3.63, 3.8) is 0 Å². The Balaban J connectivity index is 1.81. The molecule has 2 amide bonds. The van der Waals surface area contributed by atoms with Crippen molar-refractivity contribution in [3.05, 3.63) is 29.8 Å². The van der Waals surface area contributed by atoms with Crippen LogP contribution in [0.3, 0.4) is 0 Å². The first-order valence-electron chi connectivity index (χ1n) is 8.22. The van der Waals surface area contributed by atoms with Gasteiger partial charge in [0, 0.05) is 24.1 Å². The Morgan fingerprint density at radius 3 is 2.17 bits per heavy atom. The van der Waals surface area contributed by atoms with Crippen LogP contribution in [-0.4, -0.2) is 18.4 Å². The van der Waals surface area contributed by atoms with Crippen LogP contribution in [0.4, 0.5) is 5.69 Å². The van der Waals surface area contributed by atoms with Crippen molar-refractivity contribution in [2.75, 3.05) is 11.9 Å². The summed E-state index contributed by atoms with van der Waals surface area (Å²) in [4.78, 5) is 24.2. The lowest BCUT2D eigenvalue weighted by Crippen LogP contribution is -2.35. The van der Waals surface area contributed by atoms with Crippen LogP contribution in [0.1, 0.15) is 44.6 Å². The van der Waals surface area contributed by atoms with Crippen LogP contribution in [-0.2, 0) is 9.59 Å². The Morgan fingerprint density at radius 1 is 1.09 bits per heavy atom. The lowest BCUT2D eigenvalue weighted by Gasteiger charge is -2.27. The lowest BCUT2D eigenvalue weighted by molar-refractivity contribution is -0.128. The van der Waals surface area contributed by atoms with Gasteiger partial charge in [-0.1, -0.05) is 6.92 Å². The zero-order valence-electron chi connectivity index (χ0n) is 13.5. The first kappa shape index (κ1) is 17.0. The summed E-state index contributed by atoms with van der Waals surface area (Å²) in [5, 5.41) is 14.6. The summed E-state index contributed by atoms with van der Waals surface area (Å²) in [6.45, 7) is 2.75. The molecule has 1 aromatic rings. The van der Waals surface area contributed by atoms with Gasteiger partial charge in [-0.3, -0.25) is 9.59 Å². The molecular formula is C18H23N3O2.